The molecule has 0 unspecified atom stereocenters. The third-order valence-corrected chi connectivity index (χ3v) is 3.55. The highest BCUT2D eigenvalue weighted by Crippen LogP contribution is 2.39. The molecule has 0 saturated carbocycles. The molecule has 0 aromatic carbocycles. The molecule has 0 bridgehead atoms. The van der Waals surface area contributed by atoms with Crippen LogP contribution in [0.25, 0.3) is 0 Å². The predicted octanol–water partition coefficient (Wildman–Crippen LogP) is 2.58. The van der Waals surface area contributed by atoms with Crippen molar-refractivity contribution < 1.29 is 13.2 Å². The Hall–Kier alpha value is -0.550. The molecule has 0 saturated heterocycles. The molecule has 1 aromatic rings. The minimum absolute atomic E-state index is 0.0298. The van der Waals surface area contributed by atoms with Crippen LogP contribution in [0, 0.1) is 0 Å². The summed E-state index contributed by atoms with van der Waals surface area (Å²) in [6, 6.07) is 0.0298. The molecule has 1 aliphatic carbocycles. The summed E-state index contributed by atoms with van der Waals surface area (Å²) in [6.45, 7) is 0. The lowest BCUT2D eigenvalue weighted by molar-refractivity contribution is -0.138. The van der Waals surface area contributed by atoms with Crippen LogP contribution in [0.3, 0.4) is 0 Å². The zero-order chi connectivity index (χ0) is 10.3. The van der Waals surface area contributed by atoms with Gasteiger partial charge in [-0.15, -0.1) is 11.3 Å². The lowest BCUT2D eigenvalue weighted by Gasteiger charge is -2.19. The van der Waals surface area contributed by atoms with Gasteiger partial charge in [0.2, 0.25) is 0 Å². The predicted molar refractivity (Wildman–Crippen MR) is 49.3 cm³/mol. The van der Waals surface area contributed by atoms with Crippen molar-refractivity contribution in [2.24, 2.45) is 5.73 Å². The van der Waals surface area contributed by atoms with Crippen molar-refractivity contribution in [2.75, 3.05) is 0 Å². The molecule has 14 heavy (non-hydrogen) atoms. The summed E-state index contributed by atoms with van der Waals surface area (Å²) < 4.78 is 37.4. The van der Waals surface area contributed by atoms with Gasteiger partial charge in [0.1, 0.15) is 0 Å². The second-order valence-corrected chi connectivity index (χ2v) is 4.52. The van der Waals surface area contributed by atoms with E-state index in [1.54, 1.807) is 0 Å². The van der Waals surface area contributed by atoms with Gasteiger partial charge >= 0.3 is 6.18 Å². The summed E-state index contributed by atoms with van der Waals surface area (Å²) in [6.07, 6.45) is -2.48. The van der Waals surface area contributed by atoms with E-state index in [4.69, 9.17) is 5.73 Å². The Balaban J connectivity index is 2.38. The maximum Gasteiger partial charge on any atom is 0.417 e. The third-order valence-electron chi connectivity index (χ3n) is 2.50. The summed E-state index contributed by atoms with van der Waals surface area (Å²) in [4.78, 5) is 0.816. The molecule has 78 valence electrons. The summed E-state index contributed by atoms with van der Waals surface area (Å²) >= 11 is 1.18. The van der Waals surface area contributed by atoms with E-state index >= 15 is 0 Å². The maximum absolute atomic E-state index is 12.5. The van der Waals surface area contributed by atoms with E-state index in [-0.39, 0.29) is 6.04 Å². The van der Waals surface area contributed by atoms with Crippen molar-refractivity contribution in [1.29, 1.82) is 0 Å². The summed E-state index contributed by atoms with van der Waals surface area (Å²) in [7, 11) is 0. The number of fused-ring (bicyclic) bond motifs is 1. The fraction of sp³-hybridized carbons (Fsp3) is 0.556. The Morgan fingerprint density at radius 1 is 1.43 bits per heavy atom. The second-order valence-electron chi connectivity index (χ2n) is 3.55. The molecule has 1 atom stereocenters. The first-order valence-electron chi connectivity index (χ1n) is 4.40. The molecule has 0 radical (unpaired) electrons. The molecule has 0 amide bonds. The lowest BCUT2D eigenvalue weighted by atomic mass is 9.92. The van der Waals surface area contributed by atoms with Crippen molar-refractivity contribution in [1.82, 2.24) is 0 Å². The van der Waals surface area contributed by atoms with E-state index in [1.807, 2.05) is 0 Å². The zero-order valence-electron chi connectivity index (χ0n) is 7.40. The lowest BCUT2D eigenvalue weighted by Crippen LogP contribution is -2.27. The molecule has 1 aliphatic rings. The first-order chi connectivity index (χ1) is 6.48. The van der Waals surface area contributed by atoms with Gasteiger partial charge in [-0.05, 0) is 24.8 Å². The van der Waals surface area contributed by atoms with E-state index in [0.29, 0.717) is 24.8 Å². The van der Waals surface area contributed by atoms with Crippen LogP contribution in [0.4, 0.5) is 13.2 Å². The number of nitrogens with two attached hydrogens (primary N) is 1. The van der Waals surface area contributed by atoms with Gasteiger partial charge in [0, 0.05) is 16.3 Å². The number of alkyl halides is 3. The molecule has 1 nitrogen and oxygen atoms in total. The van der Waals surface area contributed by atoms with E-state index < -0.39 is 11.7 Å². The van der Waals surface area contributed by atoms with Crippen LogP contribution in [0.2, 0.25) is 0 Å². The highest BCUT2D eigenvalue weighted by molar-refractivity contribution is 7.10. The van der Waals surface area contributed by atoms with Crippen LogP contribution in [-0.4, -0.2) is 6.04 Å². The fourth-order valence-corrected chi connectivity index (χ4v) is 2.98. The maximum atomic E-state index is 12.5. The van der Waals surface area contributed by atoms with Gasteiger partial charge in [-0.1, -0.05) is 0 Å². The summed E-state index contributed by atoms with van der Waals surface area (Å²) in [5.41, 5.74) is 5.72. The topological polar surface area (TPSA) is 26.0 Å². The number of halogens is 3. The number of thiophene rings is 1. The van der Waals surface area contributed by atoms with E-state index in [1.165, 1.54) is 16.7 Å². The van der Waals surface area contributed by atoms with E-state index in [2.05, 4.69) is 0 Å². The van der Waals surface area contributed by atoms with Gasteiger partial charge in [0.05, 0.1) is 5.56 Å². The Kier molecular flexibility index (Phi) is 2.31. The number of hydrogen-bond donors (Lipinski definition) is 1. The molecule has 0 spiro atoms. The summed E-state index contributed by atoms with van der Waals surface area (Å²) in [5.74, 6) is 0. The van der Waals surface area contributed by atoms with Gasteiger partial charge in [0.15, 0.2) is 0 Å². The number of rotatable bonds is 0. The number of hydrogen-bond acceptors (Lipinski definition) is 2. The van der Waals surface area contributed by atoms with Gasteiger partial charge in [-0.2, -0.15) is 13.2 Å². The molecule has 0 fully saturated rings. The van der Waals surface area contributed by atoms with E-state index in [9.17, 15) is 13.2 Å². The minimum atomic E-state index is -4.20. The Morgan fingerprint density at radius 3 is 2.79 bits per heavy atom. The average Bonchev–Trinajstić information content (AvgIpc) is 2.45. The molecule has 2 rings (SSSR count). The fourth-order valence-electron chi connectivity index (χ4n) is 1.78. The molecular weight excluding hydrogens is 211 g/mol. The minimum Gasteiger partial charge on any atom is -0.327 e. The Bertz CT molecular complexity index is 342. The molecule has 1 aromatic heterocycles. The first-order valence-corrected chi connectivity index (χ1v) is 5.28. The molecule has 5 heteroatoms. The van der Waals surface area contributed by atoms with Gasteiger partial charge in [0.25, 0.3) is 0 Å². The summed E-state index contributed by atoms with van der Waals surface area (Å²) in [5, 5.41) is 1.21. The molecule has 1 heterocycles. The molecule has 0 aliphatic heterocycles. The van der Waals surface area contributed by atoms with Crippen molar-refractivity contribution in [3.63, 3.8) is 0 Å². The van der Waals surface area contributed by atoms with E-state index in [0.717, 1.165) is 4.88 Å². The smallest absolute Gasteiger partial charge is 0.327 e. The third kappa shape index (κ3) is 1.66. The largest absolute Gasteiger partial charge is 0.417 e. The van der Waals surface area contributed by atoms with Crippen LogP contribution >= 0.6 is 11.3 Å². The van der Waals surface area contributed by atoms with Gasteiger partial charge < -0.3 is 5.73 Å². The van der Waals surface area contributed by atoms with Crippen molar-refractivity contribution in [3.8, 4) is 0 Å². The Labute approximate surface area is 83.7 Å². The monoisotopic (exact) mass is 221 g/mol. The SMILES string of the molecule is N[C@H]1CCc2c(C(F)(F)F)csc2C1. The highest BCUT2D eigenvalue weighted by atomic mass is 32.1. The van der Waals surface area contributed by atoms with Gasteiger partial charge in [-0.25, -0.2) is 0 Å². The zero-order valence-corrected chi connectivity index (χ0v) is 8.21. The van der Waals surface area contributed by atoms with Crippen LogP contribution in [0.1, 0.15) is 22.4 Å². The van der Waals surface area contributed by atoms with Crippen molar-refractivity contribution in [2.45, 2.75) is 31.5 Å². The quantitative estimate of drug-likeness (QED) is 0.716. The van der Waals surface area contributed by atoms with Crippen LogP contribution in [0.15, 0.2) is 5.38 Å². The molecular formula is C9H10F3NS. The standard InChI is InChI=1S/C9H10F3NS/c10-9(11,12)7-4-14-8-3-5(13)1-2-6(7)8/h4-5H,1-3,13H2/t5-/m0/s1. The van der Waals surface area contributed by atoms with Crippen LogP contribution < -0.4 is 5.73 Å². The van der Waals surface area contributed by atoms with Gasteiger partial charge in [-0.3, -0.25) is 0 Å². The normalized spacial score (nSPS) is 22.1. The molecule has 2 N–H and O–H groups in total. The van der Waals surface area contributed by atoms with Crippen molar-refractivity contribution in [3.05, 3.63) is 21.4 Å². The second kappa shape index (κ2) is 3.24. The Morgan fingerprint density at radius 2 is 2.14 bits per heavy atom. The first kappa shape index (κ1) is 9.98. The van der Waals surface area contributed by atoms with Crippen molar-refractivity contribution >= 4 is 11.3 Å². The van der Waals surface area contributed by atoms with Crippen LogP contribution in [0.5, 0.6) is 0 Å². The highest BCUT2D eigenvalue weighted by Gasteiger charge is 2.36. The average molecular weight is 221 g/mol. The van der Waals surface area contributed by atoms with Crippen LogP contribution in [-0.2, 0) is 19.0 Å².